The molecule has 0 saturated carbocycles. The van der Waals surface area contributed by atoms with Crippen LogP contribution in [0.1, 0.15) is 33.5 Å². The minimum Gasteiger partial charge on any atom is -0.294 e. The Labute approximate surface area is 129 Å². The van der Waals surface area contributed by atoms with Crippen LogP contribution in [0.3, 0.4) is 0 Å². The Morgan fingerprint density at radius 1 is 0.955 bits per heavy atom. The molecule has 5 heteroatoms. The predicted molar refractivity (Wildman–Crippen MR) is 83.8 cm³/mol. The van der Waals surface area contributed by atoms with Crippen molar-refractivity contribution in [2.45, 2.75) is 31.6 Å². The van der Waals surface area contributed by atoms with Crippen molar-refractivity contribution < 1.29 is 17.8 Å². The third kappa shape index (κ3) is 2.36. The van der Waals surface area contributed by atoms with Gasteiger partial charge in [-0.1, -0.05) is 18.2 Å². The van der Waals surface area contributed by atoms with E-state index < -0.39 is 10.1 Å². The maximum Gasteiger partial charge on any atom is 0.294 e. The van der Waals surface area contributed by atoms with Gasteiger partial charge in [0.2, 0.25) is 0 Å². The summed E-state index contributed by atoms with van der Waals surface area (Å²) in [5, 5.41) is 0. The highest BCUT2D eigenvalue weighted by Gasteiger charge is 2.25. The first-order valence-electron chi connectivity index (χ1n) is 7.03. The van der Waals surface area contributed by atoms with Gasteiger partial charge < -0.3 is 0 Å². The lowest BCUT2D eigenvalue weighted by Gasteiger charge is -2.15. The summed E-state index contributed by atoms with van der Waals surface area (Å²) in [4.78, 5) is 11.8. The summed E-state index contributed by atoms with van der Waals surface area (Å²) in [6.07, 6.45) is 1.16. The van der Waals surface area contributed by atoms with Crippen LogP contribution in [0.4, 0.5) is 0 Å². The Morgan fingerprint density at radius 3 is 2.32 bits per heavy atom. The quantitative estimate of drug-likeness (QED) is 0.863. The number of carbonyl (C=O) groups excluding carboxylic acids is 1. The van der Waals surface area contributed by atoms with Gasteiger partial charge in [0.1, 0.15) is 0 Å². The number of carbonyl (C=O) groups is 1. The lowest BCUT2D eigenvalue weighted by atomic mass is 9.90. The summed E-state index contributed by atoms with van der Waals surface area (Å²) in [6, 6.07) is 8.27. The molecule has 1 aliphatic rings. The van der Waals surface area contributed by atoms with Gasteiger partial charge in [0, 0.05) is 12.0 Å². The second-order valence-electron chi connectivity index (χ2n) is 5.66. The molecule has 0 radical (unpaired) electrons. The molecule has 0 amide bonds. The molecule has 0 aliphatic heterocycles. The molecule has 0 atom stereocenters. The summed E-state index contributed by atoms with van der Waals surface area (Å²) in [5.41, 5.74) is 5.25. The van der Waals surface area contributed by atoms with Gasteiger partial charge in [0.25, 0.3) is 10.1 Å². The molecular formula is C17H16O4S. The molecule has 114 valence electrons. The molecule has 1 aliphatic carbocycles. The van der Waals surface area contributed by atoms with Gasteiger partial charge in [-0.3, -0.25) is 9.35 Å². The van der Waals surface area contributed by atoms with Crippen molar-refractivity contribution in [3.05, 3.63) is 52.6 Å². The van der Waals surface area contributed by atoms with Crippen LogP contribution in [0.2, 0.25) is 0 Å². The fourth-order valence-corrected chi connectivity index (χ4v) is 3.57. The average Bonchev–Trinajstić information content (AvgIpc) is 2.80. The number of fused-ring (bicyclic) bond motifs is 1. The molecule has 0 aromatic heterocycles. The molecule has 2 aromatic carbocycles. The summed E-state index contributed by atoms with van der Waals surface area (Å²) < 4.78 is 32.1. The van der Waals surface area contributed by atoms with E-state index in [1.54, 1.807) is 6.07 Å². The summed E-state index contributed by atoms with van der Waals surface area (Å²) in [7, 11) is -4.25. The molecule has 4 nitrogen and oxygen atoms in total. The summed E-state index contributed by atoms with van der Waals surface area (Å²) >= 11 is 0. The molecule has 0 spiro atoms. The second-order valence-corrected chi connectivity index (χ2v) is 7.08. The van der Waals surface area contributed by atoms with Crippen molar-refractivity contribution in [1.82, 2.24) is 0 Å². The van der Waals surface area contributed by atoms with E-state index in [2.05, 4.69) is 0 Å². The fraction of sp³-hybridized carbons (Fsp3) is 0.235. The smallest absolute Gasteiger partial charge is 0.294 e. The minimum absolute atomic E-state index is 0.125. The van der Waals surface area contributed by atoms with E-state index >= 15 is 0 Å². The minimum atomic E-state index is -4.25. The zero-order chi connectivity index (χ0) is 16.1. The molecule has 1 N–H and O–H groups in total. The van der Waals surface area contributed by atoms with E-state index in [4.69, 9.17) is 0 Å². The van der Waals surface area contributed by atoms with Gasteiger partial charge >= 0.3 is 0 Å². The third-order valence-corrected chi connectivity index (χ3v) is 5.05. The first-order chi connectivity index (χ1) is 10.3. The van der Waals surface area contributed by atoms with Crippen LogP contribution in [0.5, 0.6) is 0 Å². The van der Waals surface area contributed by atoms with Gasteiger partial charge in [-0.25, -0.2) is 0 Å². The highest BCUT2D eigenvalue weighted by molar-refractivity contribution is 7.85. The van der Waals surface area contributed by atoms with Crippen LogP contribution in [0.15, 0.2) is 35.2 Å². The monoisotopic (exact) mass is 316 g/mol. The molecule has 22 heavy (non-hydrogen) atoms. The van der Waals surface area contributed by atoms with Crippen molar-refractivity contribution in [1.29, 1.82) is 0 Å². The molecule has 2 aromatic rings. The Hall–Kier alpha value is -1.98. The van der Waals surface area contributed by atoms with Crippen molar-refractivity contribution in [3.8, 4) is 11.1 Å². The SMILES string of the molecule is Cc1ccc(S(=O)(=O)O)cc1-c1c(C)ccc2c1CCC2=O. The molecule has 0 heterocycles. The van der Waals surface area contributed by atoms with Crippen molar-refractivity contribution >= 4 is 15.9 Å². The average molecular weight is 316 g/mol. The Morgan fingerprint density at radius 2 is 1.64 bits per heavy atom. The molecular weight excluding hydrogens is 300 g/mol. The van der Waals surface area contributed by atoms with Crippen LogP contribution in [0.25, 0.3) is 11.1 Å². The second kappa shape index (κ2) is 5.04. The number of Topliss-reactive ketones (excluding diaryl/α,β-unsaturated/α-hetero) is 1. The number of ketones is 1. The van der Waals surface area contributed by atoms with Crippen molar-refractivity contribution in [2.75, 3.05) is 0 Å². The first-order valence-corrected chi connectivity index (χ1v) is 8.47. The van der Waals surface area contributed by atoms with Gasteiger partial charge in [-0.15, -0.1) is 0 Å². The standard InChI is InChI=1S/C17H16O4S/c1-10-3-5-12(22(19,20)21)9-15(10)17-11(2)4-6-13-14(17)7-8-16(13)18/h3-6,9H,7-8H2,1-2H3,(H,19,20,21). The normalized spacial score (nSPS) is 14.2. The van der Waals surface area contributed by atoms with E-state index in [0.29, 0.717) is 12.8 Å². The number of hydrogen-bond acceptors (Lipinski definition) is 3. The Bertz CT molecular complexity index is 895. The maximum absolute atomic E-state index is 11.9. The molecule has 0 bridgehead atoms. The van der Waals surface area contributed by atoms with E-state index in [0.717, 1.165) is 33.4 Å². The number of hydrogen-bond donors (Lipinski definition) is 1. The number of rotatable bonds is 2. The predicted octanol–water partition coefficient (Wildman–Crippen LogP) is 3.35. The van der Waals surface area contributed by atoms with Crippen LogP contribution in [-0.2, 0) is 16.5 Å². The fourth-order valence-electron chi connectivity index (χ4n) is 3.06. The van der Waals surface area contributed by atoms with Crippen molar-refractivity contribution in [3.63, 3.8) is 0 Å². The van der Waals surface area contributed by atoms with Crippen LogP contribution in [0, 0.1) is 13.8 Å². The zero-order valence-electron chi connectivity index (χ0n) is 12.4. The Balaban J connectivity index is 2.32. The van der Waals surface area contributed by atoms with E-state index in [1.165, 1.54) is 12.1 Å². The van der Waals surface area contributed by atoms with Gasteiger partial charge in [-0.2, -0.15) is 8.42 Å². The largest absolute Gasteiger partial charge is 0.294 e. The maximum atomic E-state index is 11.9. The lowest BCUT2D eigenvalue weighted by Crippen LogP contribution is -2.01. The van der Waals surface area contributed by atoms with E-state index in [-0.39, 0.29) is 10.7 Å². The van der Waals surface area contributed by atoms with Gasteiger partial charge in [0.15, 0.2) is 5.78 Å². The molecule has 0 unspecified atom stereocenters. The third-order valence-electron chi connectivity index (χ3n) is 4.20. The lowest BCUT2D eigenvalue weighted by molar-refractivity contribution is 0.0994. The summed E-state index contributed by atoms with van der Waals surface area (Å²) in [6.45, 7) is 3.83. The van der Waals surface area contributed by atoms with Gasteiger partial charge in [0.05, 0.1) is 4.90 Å². The van der Waals surface area contributed by atoms with E-state index in [9.17, 15) is 17.8 Å². The van der Waals surface area contributed by atoms with E-state index in [1.807, 2.05) is 26.0 Å². The highest BCUT2D eigenvalue weighted by Crippen LogP contribution is 2.37. The first kappa shape index (κ1) is 14.9. The Kier molecular flexibility index (Phi) is 3.42. The van der Waals surface area contributed by atoms with Gasteiger partial charge in [-0.05, 0) is 60.2 Å². The number of benzene rings is 2. The van der Waals surface area contributed by atoms with Crippen LogP contribution >= 0.6 is 0 Å². The highest BCUT2D eigenvalue weighted by atomic mass is 32.2. The molecule has 0 saturated heterocycles. The topological polar surface area (TPSA) is 71.4 Å². The molecule has 0 fully saturated rings. The van der Waals surface area contributed by atoms with Crippen LogP contribution < -0.4 is 0 Å². The van der Waals surface area contributed by atoms with Crippen molar-refractivity contribution in [2.24, 2.45) is 0 Å². The number of aryl methyl sites for hydroxylation is 2. The summed E-state index contributed by atoms with van der Waals surface area (Å²) in [5.74, 6) is 0.125. The zero-order valence-corrected chi connectivity index (χ0v) is 13.2. The molecule has 3 rings (SSSR count). The van der Waals surface area contributed by atoms with Crippen LogP contribution in [-0.4, -0.2) is 18.8 Å².